The fourth-order valence-corrected chi connectivity index (χ4v) is 4.38. The maximum atomic E-state index is 12.1. The van der Waals surface area contributed by atoms with Crippen LogP contribution in [0.5, 0.6) is 0 Å². The summed E-state index contributed by atoms with van der Waals surface area (Å²) in [6, 6.07) is -0.235. The van der Waals surface area contributed by atoms with Crippen molar-refractivity contribution in [3.05, 3.63) is 16.3 Å². The van der Waals surface area contributed by atoms with Gasteiger partial charge in [-0.15, -0.1) is 11.3 Å². The first-order chi connectivity index (χ1) is 9.44. The Morgan fingerprint density at radius 2 is 2.25 bits per heavy atom. The van der Waals surface area contributed by atoms with Gasteiger partial charge in [0.05, 0.1) is 10.9 Å². The van der Waals surface area contributed by atoms with Crippen LogP contribution in [0, 0.1) is 6.92 Å². The summed E-state index contributed by atoms with van der Waals surface area (Å²) in [7, 11) is -3.32. The maximum Gasteiger partial charge on any atom is 0.321 e. The first kappa shape index (κ1) is 15.3. The molecule has 1 fully saturated rings. The summed E-state index contributed by atoms with van der Waals surface area (Å²) in [5, 5.41) is 6.13. The molecule has 2 N–H and O–H groups in total. The lowest BCUT2D eigenvalue weighted by atomic mass is 10.3. The highest BCUT2D eigenvalue weighted by Gasteiger charge is 2.34. The Morgan fingerprint density at radius 1 is 1.50 bits per heavy atom. The lowest BCUT2D eigenvalue weighted by Crippen LogP contribution is -2.38. The van der Waals surface area contributed by atoms with Gasteiger partial charge in [0.15, 0.2) is 0 Å². The molecule has 1 aliphatic heterocycles. The van der Waals surface area contributed by atoms with Crippen molar-refractivity contribution in [3.63, 3.8) is 0 Å². The van der Waals surface area contributed by atoms with Crippen molar-refractivity contribution < 1.29 is 13.2 Å². The summed E-state index contributed by atoms with van der Waals surface area (Å²) in [5.41, 5.74) is 1.80. The topological polar surface area (TPSA) is 78.5 Å². The van der Waals surface area contributed by atoms with Crippen LogP contribution in [-0.4, -0.2) is 44.2 Å². The van der Waals surface area contributed by atoms with Crippen LogP contribution >= 0.6 is 11.3 Å². The molecule has 112 valence electrons. The largest absolute Gasteiger partial charge is 0.323 e. The third-order valence-corrected chi connectivity index (χ3v) is 6.13. The highest BCUT2D eigenvalue weighted by molar-refractivity contribution is 7.90. The Kier molecular flexibility index (Phi) is 4.66. The van der Waals surface area contributed by atoms with Gasteiger partial charge < -0.3 is 10.2 Å². The van der Waals surface area contributed by atoms with Crippen LogP contribution in [-0.2, 0) is 10.0 Å². The third kappa shape index (κ3) is 3.31. The highest BCUT2D eigenvalue weighted by atomic mass is 32.2. The van der Waals surface area contributed by atoms with Crippen molar-refractivity contribution in [2.24, 2.45) is 0 Å². The first-order valence-corrected chi connectivity index (χ1v) is 9.00. The molecule has 0 radical (unpaired) electrons. The number of rotatable bonds is 4. The predicted molar refractivity (Wildman–Crippen MR) is 80.6 cm³/mol. The highest BCUT2D eigenvalue weighted by Crippen LogP contribution is 2.22. The molecule has 0 aliphatic carbocycles. The molecule has 0 spiro atoms. The average Bonchev–Trinajstić information content (AvgIpc) is 2.99. The lowest BCUT2D eigenvalue weighted by molar-refractivity contribution is 0.222. The normalized spacial score (nSPS) is 19.3. The number of hydrogen-bond acceptors (Lipinski definition) is 4. The van der Waals surface area contributed by atoms with Crippen LogP contribution in [0.25, 0.3) is 0 Å². The van der Waals surface area contributed by atoms with E-state index in [1.165, 1.54) is 11.3 Å². The molecule has 8 heteroatoms. The molecule has 1 saturated heterocycles. The molecular weight excluding hydrogens is 298 g/mol. The van der Waals surface area contributed by atoms with Crippen molar-refractivity contribution in [2.75, 3.05) is 25.0 Å². The number of sulfonamides is 1. The fraction of sp³-hybridized carbons (Fsp3) is 0.583. The molecule has 2 heterocycles. The van der Waals surface area contributed by atoms with Crippen LogP contribution in [0.4, 0.5) is 10.5 Å². The van der Waals surface area contributed by atoms with Crippen LogP contribution in [0.3, 0.4) is 0 Å². The number of carbonyl (C=O) groups is 1. The van der Waals surface area contributed by atoms with E-state index in [0.717, 1.165) is 11.3 Å². The van der Waals surface area contributed by atoms with E-state index >= 15 is 0 Å². The van der Waals surface area contributed by atoms with Crippen LogP contribution in [0.2, 0.25) is 0 Å². The number of carbonyl (C=O) groups excluding carboxylic acids is 1. The van der Waals surface area contributed by atoms with E-state index in [1.54, 1.807) is 11.8 Å². The van der Waals surface area contributed by atoms with E-state index in [0.29, 0.717) is 19.5 Å². The smallest absolute Gasteiger partial charge is 0.321 e. The summed E-state index contributed by atoms with van der Waals surface area (Å²) in [6.07, 6.45) is 0.478. The number of hydrogen-bond donors (Lipinski definition) is 2. The quantitative estimate of drug-likeness (QED) is 0.885. The number of amides is 2. The number of anilines is 1. The van der Waals surface area contributed by atoms with Crippen molar-refractivity contribution >= 4 is 33.1 Å². The molecular formula is C12H19N3O3S2. The second kappa shape index (κ2) is 6.11. The molecule has 20 heavy (non-hydrogen) atoms. The second-order valence-electron chi connectivity index (χ2n) is 4.80. The van der Waals surface area contributed by atoms with E-state index in [2.05, 4.69) is 10.0 Å². The van der Waals surface area contributed by atoms with E-state index in [4.69, 9.17) is 0 Å². The summed E-state index contributed by atoms with van der Waals surface area (Å²) in [4.78, 5) is 13.7. The molecule has 0 aromatic carbocycles. The van der Waals surface area contributed by atoms with Gasteiger partial charge in [-0.3, -0.25) is 0 Å². The number of thiophene rings is 1. The first-order valence-electron chi connectivity index (χ1n) is 6.51. The van der Waals surface area contributed by atoms with Gasteiger partial charge in [-0.05, 0) is 24.3 Å². The second-order valence-corrected chi connectivity index (χ2v) is 7.59. The standard InChI is InChI=1S/C12H19N3O3S2/c1-3-13-20(17,18)10-4-5-15(6-10)12(16)14-11-8-19-7-9(11)2/h7-8,10,13H,3-6H2,1-2H3,(H,14,16). The van der Waals surface area contributed by atoms with Gasteiger partial charge in [-0.25, -0.2) is 17.9 Å². The van der Waals surface area contributed by atoms with Gasteiger partial charge in [-0.1, -0.05) is 6.92 Å². The Balaban J connectivity index is 1.96. The molecule has 0 saturated carbocycles. The Bertz CT molecular complexity index is 583. The molecule has 1 aliphatic rings. The molecule has 1 aromatic heterocycles. The number of urea groups is 1. The van der Waals surface area contributed by atoms with Crippen LogP contribution in [0.15, 0.2) is 10.8 Å². The average molecular weight is 317 g/mol. The van der Waals surface area contributed by atoms with Gasteiger partial charge in [0.1, 0.15) is 0 Å². The zero-order chi connectivity index (χ0) is 14.8. The van der Waals surface area contributed by atoms with Crippen LogP contribution < -0.4 is 10.0 Å². The molecule has 1 aromatic rings. The van der Waals surface area contributed by atoms with Crippen molar-refractivity contribution in [2.45, 2.75) is 25.5 Å². The molecule has 2 amide bonds. The molecule has 1 unspecified atom stereocenters. The van der Waals surface area contributed by atoms with Crippen molar-refractivity contribution in [3.8, 4) is 0 Å². The summed E-state index contributed by atoms with van der Waals surface area (Å²) in [6.45, 7) is 4.75. The molecule has 6 nitrogen and oxygen atoms in total. The summed E-state index contributed by atoms with van der Waals surface area (Å²) in [5.74, 6) is 0. The lowest BCUT2D eigenvalue weighted by Gasteiger charge is -2.17. The number of aryl methyl sites for hydroxylation is 1. The minimum absolute atomic E-state index is 0.235. The number of likely N-dealkylation sites (tertiary alicyclic amines) is 1. The number of nitrogens with zero attached hydrogens (tertiary/aromatic N) is 1. The number of nitrogens with one attached hydrogen (secondary N) is 2. The molecule has 2 rings (SSSR count). The van der Waals surface area contributed by atoms with E-state index < -0.39 is 15.3 Å². The Morgan fingerprint density at radius 3 is 2.85 bits per heavy atom. The van der Waals surface area contributed by atoms with Crippen LogP contribution in [0.1, 0.15) is 18.9 Å². The summed E-state index contributed by atoms with van der Waals surface area (Å²) >= 11 is 1.52. The predicted octanol–water partition coefficient (Wildman–Crippen LogP) is 1.60. The molecule has 0 bridgehead atoms. The van der Waals surface area contributed by atoms with E-state index in [1.807, 2.05) is 17.7 Å². The van der Waals surface area contributed by atoms with Crippen molar-refractivity contribution in [1.82, 2.24) is 9.62 Å². The zero-order valence-electron chi connectivity index (χ0n) is 11.5. The van der Waals surface area contributed by atoms with Gasteiger partial charge in [-0.2, -0.15) is 0 Å². The van der Waals surface area contributed by atoms with E-state index in [9.17, 15) is 13.2 Å². The Hall–Kier alpha value is -1.12. The van der Waals surface area contributed by atoms with Gasteiger partial charge in [0, 0.05) is 25.0 Å². The summed E-state index contributed by atoms with van der Waals surface area (Å²) < 4.78 is 26.3. The fourth-order valence-electron chi connectivity index (χ4n) is 2.17. The monoisotopic (exact) mass is 317 g/mol. The van der Waals surface area contributed by atoms with Gasteiger partial charge in [0.2, 0.25) is 10.0 Å². The Labute approximate surface area is 123 Å². The SMILES string of the molecule is CCNS(=O)(=O)C1CCN(C(=O)Nc2cscc2C)C1. The van der Waals surface area contributed by atoms with E-state index in [-0.39, 0.29) is 12.6 Å². The minimum atomic E-state index is -3.32. The van der Waals surface area contributed by atoms with Gasteiger partial charge in [0.25, 0.3) is 0 Å². The maximum absolute atomic E-state index is 12.1. The minimum Gasteiger partial charge on any atom is -0.323 e. The molecule has 1 atom stereocenters. The zero-order valence-corrected chi connectivity index (χ0v) is 13.2. The third-order valence-electron chi connectivity index (χ3n) is 3.31. The van der Waals surface area contributed by atoms with Gasteiger partial charge >= 0.3 is 6.03 Å². The van der Waals surface area contributed by atoms with Crippen molar-refractivity contribution in [1.29, 1.82) is 0 Å².